The van der Waals surface area contributed by atoms with E-state index in [1.54, 1.807) is 43.3 Å². The van der Waals surface area contributed by atoms with Gasteiger partial charge < -0.3 is 9.26 Å². The smallest absolute Gasteiger partial charge is 0.262 e. The van der Waals surface area contributed by atoms with Crippen LogP contribution in [0.5, 0.6) is 5.75 Å². The number of anilines is 1. The standard InChI is InChI=1S/C16H15N3O4S/c1-11-17-16(18-23-11)12-6-5-7-13(10-12)24(20,21)19-14-8-3-4-9-15(14)22-2/h3-10,19H,1-2H3. The monoisotopic (exact) mass is 345 g/mol. The summed E-state index contributed by atoms with van der Waals surface area (Å²) >= 11 is 0. The second-order valence-electron chi connectivity index (χ2n) is 4.97. The van der Waals surface area contributed by atoms with Crippen molar-refractivity contribution in [2.45, 2.75) is 11.8 Å². The molecule has 0 unspecified atom stereocenters. The van der Waals surface area contributed by atoms with Gasteiger partial charge in [0.25, 0.3) is 10.0 Å². The van der Waals surface area contributed by atoms with Crippen LogP contribution in [0.2, 0.25) is 0 Å². The second-order valence-corrected chi connectivity index (χ2v) is 6.65. The van der Waals surface area contributed by atoms with Gasteiger partial charge >= 0.3 is 0 Å². The third kappa shape index (κ3) is 3.23. The summed E-state index contributed by atoms with van der Waals surface area (Å²) in [5.41, 5.74) is 0.913. The number of benzene rings is 2. The number of ether oxygens (including phenoxy) is 1. The number of rotatable bonds is 5. The number of para-hydroxylation sites is 2. The average molecular weight is 345 g/mol. The minimum Gasteiger partial charge on any atom is -0.495 e. The van der Waals surface area contributed by atoms with Gasteiger partial charge in [0.2, 0.25) is 11.7 Å². The van der Waals surface area contributed by atoms with Crippen LogP contribution in [0.25, 0.3) is 11.4 Å². The van der Waals surface area contributed by atoms with Crippen LogP contribution in [-0.4, -0.2) is 25.7 Å². The molecule has 3 rings (SSSR count). The van der Waals surface area contributed by atoms with Crippen molar-refractivity contribution in [3.05, 3.63) is 54.4 Å². The van der Waals surface area contributed by atoms with E-state index in [1.165, 1.54) is 19.2 Å². The zero-order valence-electron chi connectivity index (χ0n) is 13.1. The number of sulfonamides is 1. The van der Waals surface area contributed by atoms with Gasteiger partial charge in [0.1, 0.15) is 5.75 Å². The molecule has 1 heterocycles. The number of hydrogen-bond acceptors (Lipinski definition) is 6. The van der Waals surface area contributed by atoms with Crippen molar-refractivity contribution in [2.75, 3.05) is 11.8 Å². The highest BCUT2D eigenvalue weighted by Crippen LogP contribution is 2.27. The van der Waals surface area contributed by atoms with Gasteiger partial charge in [0.05, 0.1) is 17.7 Å². The van der Waals surface area contributed by atoms with Crippen LogP contribution in [0.1, 0.15) is 5.89 Å². The summed E-state index contributed by atoms with van der Waals surface area (Å²) in [5, 5.41) is 3.80. The number of aryl methyl sites for hydroxylation is 1. The fourth-order valence-electron chi connectivity index (χ4n) is 2.15. The zero-order chi connectivity index (χ0) is 17.2. The first kappa shape index (κ1) is 16.0. The van der Waals surface area contributed by atoms with Crippen LogP contribution < -0.4 is 9.46 Å². The molecule has 1 N–H and O–H groups in total. The van der Waals surface area contributed by atoms with Crippen molar-refractivity contribution in [3.8, 4) is 17.1 Å². The fourth-order valence-corrected chi connectivity index (χ4v) is 3.27. The Bertz CT molecular complexity index is 967. The summed E-state index contributed by atoms with van der Waals surface area (Å²) in [6.45, 7) is 1.67. The van der Waals surface area contributed by atoms with E-state index >= 15 is 0 Å². The molecule has 2 aromatic carbocycles. The largest absolute Gasteiger partial charge is 0.495 e. The van der Waals surface area contributed by atoms with Gasteiger partial charge in [-0.3, -0.25) is 4.72 Å². The van der Waals surface area contributed by atoms with Crippen LogP contribution in [-0.2, 0) is 10.0 Å². The lowest BCUT2D eigenvalue weighted by molar-refractivity contribution is 0.394. The summed E-state index contributed by atoms with van der Waals surface area (Å²) in [7, 11) is -2.31. The maximum Gasteiger partial charge on any atom is 0.262 e. The Morgan fingerprint density at radius 2 is 1.92 bits per heavy atom. The lowest BCUT2D eigenvalue weighted by Gasteiger charge is -2.11. The summed E-state index contributed by atoms with van der Waals surface area (Å²) < 4.78 is 37.9. The molecule has 0 saturated heterocycles. The Morgan fingerprint density at radius 1 is 1.12 bits per heavy atom. The minimum absolute atomic E-state index is 0.0911. The summed E-state index contributed by atoms with van der Waals surface area (Å²) in [4.78, 5) is 4.19. The Balaban J connectivity index is 1.95. The highest BCUT2D eigenvalue weighted by atomic mass is 32.2. The van der Waals surface area contributed by atoms with Crippen LogP contribution >= 0.6 is 0 Å². The van der Waals surface area contributed by atoms with Gasteiger partial charge in [-0.2, -0.15) is 4.98 Å². The molecule has 0 amide bonds. The van der Waals surface area contributed by atoms with E-state index < -0.39 is 10.0 Å². The van der Waals surface area contributed by atoms with E-state index in [1.807, 2.05) is 0 Å². The van der Waals surface area contributed by atoms with Crippen LogP contribution in [0.3, 0.4) is 0 Å². The molecule has 0 aliphatic rings. The molecule has 0 radical (unpaired) electrons. The summed E-state index contributed by atoms with van der Waals surface area (Å²) in [5.74, 6) is 1.18. The highest BCUT2D eigenvalue weighted by Gasteiger charge is 2.18. The van der Waals surface area contributed by atoms with Crippen molar-refractivity contribution in [1.29, 1.82) is 0 Å². The van der Waals surface area contributed by atoms with Gasteiger partial charge in [-0.15, -0.1) is 0 Å². The number of nitrogens with zero attached hydrogens (tertiary/aromatic N) is 2. The molecule has 8 heteroatoms. The molecule has 0 aliphatic carbocycles. The molecule has 24 heavy (non-hydrogen) atoms. The molecule has 7 nitrogen and oxygen atoms in total. The van der Waals surface area contributed by atoms with Gasteiger partial charge in [0.15, 0.2) is 0 Å². The number of nitrogens with one attached hydrogen (secondary N) is 1. The summed E-state index contributed by atoms with van der Waals surface area (Å²) in [6.07, 6.45) is 0. The molecule has 0 spiro atoms. The number of hydrogen-bond donors (Lipinski definition) is 1. The lowest BCUT2D eigenvalue weighted by atomic mass is 10.2. The maximum absolute atomic E-state index is 12.6. The average Bonchev–Trinajstić information content (AvgIpc) is 3.02. The topological polar surface area (TPSA) is 94.3 Å². The predicted molar refractivity (Wildman–Crippen MR) is 88.3 cm³/mol. The van der Waals surface area contributed by atoms with Crippen LogP contribution in [0.15, 0.2) is 57.9 Å². The van der Waals surface area contributed by atoms with Gasteiger partial charge in [-0.1, -0.05) is 29.4 Å². The Morgan fingerprint density at radius 3 is 2.62 bits per heavy atom. The molecule has 0 fully saturated rings. The van der Waals surface area contributed by atoms with E-state index in [9.17, 15) is 8.42 Å². The minimum atomic E-state index is -3.79. The molecule has 3 aromatic rings. The number of methoxy groups -OCH3 is 1. The first-order valence-electron chi connectivity index (χ1n) is 7.06. The highest BCUT2D eigenvalue weighted by molar-refractivity contribution is 7.92. The van der Waals surface area contributed by atoms with Crippen molar-refractivity contribution >= 4 is 15.7 Å². The maximum atomic E-state index is 12.6. The van der Waals surface area contributed by atoms with Gasteiger partial charge in [-0.05, 0) is 24.3 Å². The molecule has 0 aliphatic heterocycles. The van der Waals surface area contributed by atoms with E-state index in [0.717, 1.165) is 0 Å². The quantitative estimate of drug-likeness (QED) is 0.764. The molecular formula is C16H15N3O4S. The van der Waals surface area contributed by atoms with Gasteiger partial charge in [0, 0.05) is 12.5 Å². The third-order valence-corrected chi connectivity index (χ3v) is 4.64. The first-order valence-corrected chi connectivity index (χ1v) is 8.54. The third-order valence-electron chi connectivity index (χ3n) is 3.28. The van der Waals surface area contributed by atoms with Gasteiger partial charge in [-0.25, -0.2) is 8.42 Å². The van der Waals surface area contributed by atoms with E-state index in [2.05, 4.69) is 14.9 Å². The van der Waals surface area contributed by atoms with E-state index in [-0.39, 0.29) is 4.90 Å². The normalized spacial score (nSPS) is 11.2. The Labute approximate surface area is 139 Å². The van der Waals surface area contributed by atoms with E-state index in [4.69, 9.17) is 9.26 Å². The Hall–Kier alpha value is -2.87. The van der Waals surface area contributed by atoms with Crippen LogP contribution in [0.4, 0.5) is 5.69 Å². The second kappa shape index (κ2) is 6.32. The molecule has 0 atom stereocenters. The van der Waals surface area contributed by atoms with Crippen molar-refractivity contribution in [1.82, 2.24) is 10.1 Å². The molecular weight excluding hydrogens is 330 g/mol. The fraction of sp³-hybridized carbons (Fsp3) is 0.125. The molecule has 0 saturated carbocycles. The zero-order valence-corrected chi connectivity index (χ0v) is 13.9. The molecule has 0 bridgehead atoms. The van der Waals surface area contributed by atoms with Crippen molar-refractivity contribution < 1.29 is 17.7 Å². The molecule has 1 aromatic heterocycles. The van der Waals surface area contributed by atoms with Crippen molar-refractivity contribution in [3.63, 3.8) is 0 Å². The summed E-state index contributed by atoms with van der Waals surface area (Å²) in [6, 6.07) is 13.1. The van der Waals surface area contributed by atoms with Crippen LogP contribution in [0, 0.1) is 6.92 Å². The molecule has 124 valence electrons. The SMILES string of the molecule is COc1ccccc1NS(=O)(=O)c1cccc(-c2noc(C)n2)c1. The van der Waals surface area contributed by atoms with Crippen molar-refractivity contribution in [2.24, 2.45) is 0 Å². The lowest BCUT2D eigenvalue weighted by Crippen LogP contribution is -2.13. The Kier molecular flexibility index (Phi) is 4.22. The first-order chi connectivity index (χ1) is 11.5. The van der Waals surface area contributed by atoms with E-state index in [0.29, 0.717) is 28.7 Å². The predicted octanol–water partition coefficient (Wildman–Crippen LogP) is 2.85. The number of aromatic nitrogens is 2.